The van der Waals surface area contributed by atoms with Crippen molar-refractivity contribution in [3.63, 3.8) is 0 Å². The monoisotopic (exact) mass is 341 g/mol. The average molecular weight is 341 g/mol. The number of anilines is 2. The summed E-state index contributed by atoms with van der Waals surface area (Å²) >= 11 is 0. The molecule has 1 heterocycles. The Bertz CT molecular complexity index is 688. The number of aromatic nitrogens is 2. The van der Waals surface area contributed by atoms with Crippen LogP contribution in [0.1, 0.15) is 19.4 Å². The number of nitrogens with zero attached hydrogens (tertiary/aromatic N) is 3. The second-order valence-corrected chi connectivity index (χ2v) is 5.31. The number of rotatable bonds is 5. The predicted octanol–water partition coefficient (Wildman–Crippen LogP) is 4.06. The molecule has 8 heteroatoms. The Morgan fingerprint density at radius 2 is 1.75 bits per heavy atom. The lowest BCUT2D eigenvalue weighted by atomic mass is 10.3. The molecule has 0 saturated heterocycles. The van der Waals surface area contributed by atoms with Gasteiger partial charge in [0, 0.05) is 18.9 Å². The van der Waals surface area contributed by atoms with Crippen molar-refractivity contribution in [3.8, 4) is 11.6 Å². The third kappa shape index (κ3) is 4.06. The van der Waals surface area contributed by atoms with E-state index in [0.717, 1.165) is 6.20 Å². The molecule has 1 aromatic heterocycles. The van der Waals surface area contributed by atoms with Crippen LogP contribution in [-0.2, 0) is 6.18 Å². The van der Waals surface area contributed by atoms with Crippen LogP contribution < -0.4 is 14.4 Å². The molecule has 0 amide bonds. The molecule has 0 atom stereocenters. The fourth-order valence-corrected chi connectivity index (χ4v) is 1.95. The number of hydrogen-bond donors (Lipinski definition) is 0. The summed E-state index contributed by atoms with van der Waals surface area (Å²) in [6.45, 7) is 3.27. The van der Waals surface area contributed by atoms with Gasteiger partial charge in [-0.3, -0.25) is 0 Å². The maximum Gasteiger partial charge on any atom is 0.423 e. The summed E-state index contributed by atoms with van der Waals surface area (Å²) in [5.41, 5.74) is -0.297. The van der Waals surface area contributed by atoms with Crippen LogP contribution in [0, 0.1) is 0 Å². The molecule has 130 valence electrons. The van der Waals surface area contributed by atoms with Gasteiger partial charge in [-0.25, -0.2) is 4.98 Å². The van der Waals surface area contributed by atoms with E-state index < -0.39 is 23.7 Å². The molecule has 0 spiro atoms. The predicted molar refractivity (Wildman–Crippen MR) is 83.9 cm³/mol. The van der Waals surface area contributed by atoms with E-state index >= 15 is 0 Å². The molecule has 0 aliphatic carbocycles. The Labute approximate surface area is 138 Å². The summed E-state index contributed by atoms with van der Waals surface area (Å²) in [6, 6.07) is 6.98. The molecule has 2 aromatic rings. The molecule has 0 aliphatic rings. The van der Waals surface area contributed by atoms with Gasteiger partial charge in [0.25, 0.3) is 0 Å². The number of alkyl halides is 3. The number of methoxy groups -OCH3 is 1. The summed E-state index contributed by atoms with van der Waals surface area (Å²) in [7, 11) is 3.21. The van der Waals surface area contributed by atoms with E-state index in [4.69, 9.17) is 9.47 Å². The van der Waals surface area contributed by atoms with Crippen LogP contribution in [0.25, 0.3) is 0 Å². The summed E-state index contributed by atoms with van der Waals surface area (Å²) in [4.78, 5) is 9.32. The minimum Gasteiger partial charge on any atom is -0.497 e. The van der Waals surface area contributed by atoms with Gasteiger partial charge in [-0.1, -0.05) is 0 Å². The SMILES string of the molecule is COc1ccc(N(C)c2ncc(C(F)(F)F)c(OC(C)C)n2)cc1. The lowest BCUT2D eigenvalue weighted by molar-refractivity contribution is -0.139. The highest BCUT2D eigenvalue weighted by molar-refractivity contribution is 5.58. The van der Waals surface area contributed by atoms with Crippen molar-refractivity contribution in [2.75, 3.05) is 19.1 Å². The lowest BCUT2D eigenvalue weighted by Crippen LogP contribution is -2.19. The smallest absolute Gasteiger partial charge is 0.423 e. The molecular formula is C16H18F3N3O2. The molecule has 24 heavy (non-hydrogen) atoms. The van der Waals surface area contributed by atoms with Crippen LogP contribution in [0.4, 0.5) is 24.8 Å². The van der Waals surface area contributed by atoms with E-state index in [2.05, 4.69) is 9.97 Å². The van der Waals surface area contributed by atoms with Gasteiger partial charge in [-0.05, 0) is 38.1 Å². The number of benzene rings is 1. The molecule has 0 radical (unpaired) electrons. The molecule has 1 aromatic carbocycles. The first kappa shape index (κ1) is 17.8. The topological polar surface area (TPSA) is 47.5 Å². The minimum absolute atomic E-state index is 0.101. The van der Waals surface area contributed by atoms with Gasteiger partial charge in [0.15, 0.2) is 0 Å². The van der Waals surface area contributed by atoms with Gasteiger partial charge < -0.3 is 14.4 Å². The molecular weight excluding hydrogens is 323 g/mol. The first-order valence-electron chi connectivity index (χ1n) is 7.21. The lowest BCUT2D eigenvalue weighted by Gasteiger charge is -2.20. The highest BCUT2D eigenvalue weighted by Gasteiger charge is 2.36. The second kappa shape index (κ2) is 6.94. The van der Waals surface area contributed by atoms with Crippen LogP contribution in [0.2, 0.25) is 0 Å². The Hall–Kier alpha value is -2.51. The first-order chi connectivity index (χ1) is 11.2. The second-order valence-electron chi connectivity index (χ2n) is 5.31. The van der Waals surface area contributed by atoms with Crippen LogP contribution >= 0.6 is 0 Å². The minimum atomic E-state index is -4.58. The van der Waals surface area contributed by atoms with E-state index in [1.54, 1.807) is 57.2 Å². The fraction of sp³-hybridized carbons (Fsp3) is 0.375. The van der Waals surface area contributed by atoms with Gasteiger partial charge in [-0.2, -0.15) is 18.2 Å². The molecule has 0 saturated carbocycles. The van der Waals surface area contributed by atoms with Gasteiger partial charge in [0.1, 0.15) is 11.3 Å². The zero-order chi connectivity index (χ0) is 17.9. The molecule has 2 rings (SSSR count). The third-order valence-electron chi connectivity index (χ3n) is 3.15. The van der Waals surface area contributed by atoms with Gasteiger partial charge >= 0.3 is 6.18 Å². The van der Waals surface area contributed by atoms with Crippen molar-refractivity contribution in [2.45, 2.75) is 26.1 Å². The fourth-order valence-electron chi connectivity index (χ4n) is 1.95. The average Bonchev–Trinajstić information content (AvgIpc) is 2.52. The van der Waals surface area contributed by atoms with Crippen molar-refractivity contribution < 1.29 is 22.6 Å². The largest absolute Gasteiger partial charge is 0.497 e. The molecule has 0 fully saturated rings. The zero-order valence-electron chi connectivity index (χ0n) is 13.8. The molecule has 0 bridgehead atoms. The molecule has 0 N–H and O–H groups in total. The summed E-state index contributed by atoms with van der Waals surface area (Å²) < 4.78 is 49.4. The first-order valence-corrected chi connectivity index (χ1v) is 7.21. The van der Waals surface area contributed by atoms with Gasteiger partial charge in [0.05, 0.1) is 13.2 Å². The van der Waals surface area contributed by atoms with Crippen molar-refractivity contribution >= 4 is 11.6 Å². The highest BCUT2D eigenvalue weighted by atomic mass is 19.4. The van der Waals surface area contributed by atoms with Crippen LogP contribution in [0.3, 0.4) is 0 Å². The van der Waals surface area contributed by atoms with E-state index in [9.17, 15) is 13.2 Å². The maximum atomic E-state index is 13.1. The Balaban J connectivity index is 2.38. The van der Waals surface area contributed by atoms with Crippen LogP contribution in [-0.4, -0.2) is 30.2 Å². The number of hydrogen-bond acceptors (Lipinski definition) is 5. The van der Waals surface area contributed by atoms with E-state index in [1.807, 2.05) is 0 Å². The van der Waals surface area contributed by atoms with Crippen molar-refractivity contribution in [3.05, 3.63) is 36.0 Å². The zero-order valence-corrected chi connectivity index (χ0v) is 13.8. The van der Waals surface area contributed by atoms with Crippen molar-refractivity contribution in [2.24, 2.45) is 0 Å². The van der Waals surface area contributed by atoms with Crippen molar-refractivity contribution in [1.82, 2.24) is 9.97 Å². The van der Waals surface area contributed by atoms with E-state index in [1.165, 1.54) is 0 Å². The van der Waals surface area contributed by atoms with E-state index in [0.29, 0.717) is 11.4 Å². The van der Waals surface area contributed by atoms with Crippen molar-refractivity contribution in [1.29, 1.82) is 0 Å². The number of halogens is 3. The Kier molecular flexibility index (Phi) is 5.16. The maximum absolute atomic E-state index is 13.1. The summed E-state index contributed by atoms with van der Waals surface area (Å²) in [5.74, 6) is 0.288. The summed E-state index contributed by atoms with van der Waals surface area (Å²) in [5, 5.41) is 0. The van der Waals surface area contributed by atoms with Gasteiger partial charge in [0.2, 0.25) is 11.8 Å². The van der Waals surface area contributed by atoms with Gasteiger partial charge in [-0.15, -0.1) is 0 Å². The Morgan fingerprint density at radius 3 is 2.25 bits per heavy atom. The van der Waals surface area contributed by atoms with Crippen LogP contribution in [0.5, 0.6) is 11.6 Å². The van der Waals surface area contributed by atoms with Crippen LogP contribution in [0.15, 0.2) is 30.5 Å². The molecule has 5 nitrogen and oxygen atoms in total. The third-order valence-corrected chi connectivity index (χ3v) is 3.15. The molecule has 0 aliphatic heterocycles. The quantitative estimate of drug-likeness (QED) is 0.821. The molecule has 0 unspecified atom stereocenters. The van der Waals surface area contributed by atoms with E-state index in [-0.39, 0.29) is 5.95 Å². The normalized spacial score (nSPS) is 11.5. The Morgan fingerprint density at radius 1 is 1.12 bits per heavy atom. The number of ether oxygens (including phenoxy) is 2. The standard InChI is InChI=1S/C16H18F3N3O2/c1-10(2)24-14-13(16(17,18)19)9-20-15(21-14)22(3)11-5-7-12(23-4)8-6-11/h5-10H,1-4H3. The summed E-state index contributed by atoms with van der Waals surface area (Å²) in [6.07, 6.45) is -4.29. The highest BCUT2D eigenvalue weighted by Crippen LogP contribution is 2.36.